The van der Waals surface area contributed by atoms with Crippen molar-refractivity contribution in [3.05, 3.63) is 58.6 Å². The average molecular weight is 395 g/mol. The Morgan fingerprint density at radius 1 is 1.30 bits per heavy atom. The fourth-order valence-corrected chi connectivity index (χ4v) is 3.45. The van der Waals surface area contributed by atoms with Crippen molar-refractivity contribution >= 4 is 29.1 Å². The summed E-state index contributed by atoms with van der Waals surface area (Å²) >= 11 is 6.10. The number of benzene rings is 2. The molecule has 0 saturated carbocycles. The molecule has 0 spiro atoms. The number of halogens is 3. The molecule has 0 bridgehead atoms. The minimum absolute atomic E-state index is 0.284. The van der Waals surface area contributed by atoms with Crippen LogP contribution < -0.4 is 10.1 Å². The second-order valence-electron chi connectivity index (χ2n) is 6.32. The topological polar surface area (TPSA) is 58.6 Å². The average Bonchev–Trinajstić information content (AvgIpc) is 2.93. The van der Waals surface area contributed by atoms with Crippen LogP contribution in [0.5, 0.6) is 5.75 Å². The number of nitrogens with zero attached hydrogens (tertiary/aromatic N) is 1. The highest BCUT2D eigenvalue weighted by molar-refractivity contribution is 6.30. The summed E-state index contributed by atoms with van der Waals surface area (Å²) in [5, 5.41) is 2.73. The van der Waals surface area contributed by atoms with Gasteiger partial charge in [0.05, 0.1) is 12.8 Å². The van der Waals surface area contributed by atoms with Crippen molar-refractivity contribution in [2.75, 3.05) is 26.0 Å². The maximum absolute atomic E-state index is 13.9. The van der Waals surface area contributed by atoms with Crippen molar-refractivity contribution in [1.29, 1.82) is 0 Å². The molecule has 0 aromatic heterocycles. The lowest BCUT2D eigenvalue weighted by molar-refractivity contribution is -0.135. The quantitative estimate of drug-likeness (QED) is 0.808. The van der Waals surface area contributed by atoms with Crippen LogP contribution in [0.25, 0.3) is 0 Å². The van der Waals surface area contributed by atoms with E-state index in [1.165, 1.54) is 24.1 Å². The van der Waals surface area contributed by atoms with Gasteiger partial charge in [0.25, 0.3) is 0 Å². The van der Waals surface area contributed by atoms with Crippen LogP contribution in [0, 0.1) is 17.6 Å². The van der Waals surface area contributed by atoms with Gasteiger partial charge in [0.2, 0.25) is 11.8 Å². The monoisotopic (exact) mass is 394 g/mol. The standard InChI is InChI=1S/C19H17ClF2N2O3/c1-24-9-13(10-6-11(20)8-12(7-10)27-2)16(19(24)26)18(25)23-15-5-3-4-14(21)17(15)22/h3-8,13,16H,9H2,1-2H3,(H,23,25). The van der Waals surface area contributed by atoms with Crippen molar-refractivity contribution in [3.8, 4) is 5.75 Å². The first kappa shape index (κ1) is 19.1. The molecule has 3 rings (SSSR count). The number of likely N-dealkylation sites (tertiary alicyclic amines) is 1. The fraction of sp³-hybridized carbons (Fsp3) is 0.263. The van der Waals surface area contributed by atoms with Gasteiger partial charge < -0.3 is 15.0 Å². The molecule has 8 heteroatoms. The van der Waals surface area contributed by atoms with Gasteiger partial charge in [-0.05, 0) is 35.9 Å². The number of likely N-dealkylation sites (N-methyl/N-ethyl adjacent to an activating group) is 1. The van der Waals surface area contributed by atoms with Gasteiger partial charge in [-0.15, -0.1) is 0 Å². The second-order valence-corrected chi connectivity index (χ2v) is 6.75. The lowest BCUT2D eigenvalue weighted by Crippen LogP contribution is -2.33. The third-order valence-corrected chi connectivity index (χ3v) is 4.78. The van der Waals surface area contributed by atoms with Crippen LogP contribution in [0.1, 0.15) is 11.5 Å². The van der Waals surface area contributed by atoms with Crippen LogP contribution in [-0.4, -0.2) is 37.4 Å². The molecule has 2 aromatic carbocycles. The van der Waals surface area contributed by atoms with E-state index in [1.807, 2.05) is 0 Å². The Morgan fingerprint density at radius 3 is 2.74 bits per heavy atom. The molecule has 1 aliphatic heterocycles. The van der Waals surface area contributed by atoms with Gasteiger partial charge in [-0.2, -0.15) is 0 Å². The van der Waals surface area contributed by atoms with Gasteiger partial charge >= 0.3 is 0 Å². The van der Waals surface area contributed by atoms with E-state index in [0.29, 0.717) is 16.3 Å². The van der Waals surface area contributed by atoms with Gasteiger partial charge in [-0.3, -0.25) is 9.59 Å². The maximum atomic E-state index is 13.9. The second kappa shape index (κ2) is 7.52. The van der Waals surface area contributed by atoms with Crippen molar-refractivity contribution in [1.82, 2.24) is 4.90 Å². The number of anilines is 1. The Morgan fingerprint density at radius 2 is 2.04 bits per heavy atom. The number of nitrogens with one attached hydrogen (secondary N) is 1. The van der Waals surface area contributed by atoms with E-state index in [1.54, 1.807) is 25.2 Å². The van der Waals surface area contributed by atoms with E-state index in [2.05, 4.69) is 5.32 Å². The highest BCUT2D eigenvalue weighted by Gasteiger charge is 2.44. The molecule has 0 aliphatic carbocycles. The molecule has 142 valence electrons. The van der Waals surface area contributed by atoms with Gasteiger partial charge in [-0.25, -0.2) is 8.78 Å². The molecule has 27 heavy (non-hydrogen) atoms. The van der Waals surface area contributed by atoms with Crippen LogP contribution >= 0.6 is 11.6 Å². The Kier molecular flexibility index (Phi) is 5.32. The summed E-state index contributed by atoms with van der Waals surface area (Å²) in [4.78, 5) is 26.7. The van der Waals surface area contributed by atoms with E-state index in [9.17, 15) is 18.4 Å². The van der Waals surface area contributed by atoms with Crippen LogP contribution in [0.4, 0.5) is 14.5 Å². The first-order chi connectivity index (χ1) is 12.8. The lowest BCUT2D eigenvalue weighted by Gasteiger charge is -2.18. The summed E-state index contributed by atoms with van der Waals surface area (Å²) in [6.07, 6.45) is 0. The summed E-state index contributed by atoms with van der Waals surface area (Å²) < 4.78 is 32.5. The fourth-order valence-electron chi connectivity index (χ4n) is 3.22. The number of hydrogen-bond donors (Lipinski definition) is 1. The summed E-state index contributed by atoms with van der Waals surface area (Å²) in [6, 6.07) is 8.42. The number of ether oxygens (including phenoxy) is 1. The highest BCUT2D eigenvalue weighted by atomic mass is 35.5. The Balaban J connectivity index is 1.93. The van der Waals surface area contributed by atoms with Crippen LogP contribution in [0.15, 0.2) is 36.4 Å². The smallest absolute Gasteiger partial charge is 0.237 e. The molecule has 1 fully saturated rings. The molecular weight excluding hydrogens is 378 g/mol. The largest absolute Gasteiger partial charge is 0.497 e. The van der Waals surface area contributed by atoms with E-state index in [-0.39, 0.29) is 12.2 Å². The SMILES string of the molecule is COc1cc(Cl)cc(C2CN(C)C(=O)C2C(=O)Nc2cccc(F)c2F)c1. The minimum atomic E-state index is -1.18. The molecule has 0 radical (unpaired) electrons. The van der Waals surface area contributed by atoms with E-state index >= 15 is 0 Å². The van der Waals surface area contributed by atoms with Crippen LogP contribution in [0.2, 0.25) is 5.02 Å². The van der Waals surface area contributed by atoms with Crippen molar-refractivity contribution < 1.29 is 23.1 Å². The number of carbonyl (C=O) groups is 2. The number of carbonyl (C=O) groups excluding carboxylic acids is 2. The third-order valence-electron chi connectivity index (χ3n) is 4.56. The molecule has 5 nitrogen and oxygen atoms in total. The zero-order chi connectivity index (χ0) is 19.7. The summed E-state index contributed by atoms with van der Waals surface area (Å²) in [5.41, 5.74) is 0.335. The Hall–Kier alpha value is -2.67. The van der Waals surface area contributed by atoms with Gasteiger partial charge in [0.15, 0.2) is 11.6 Å². The Labute approximate surface area is 159 Å². The van der Waals surface area contributed by atoms with E-state index in [4.69, 9.17) is 16.3 Å². The molecule has 2 aromatic rings. The maximum Gasteiger partial charge on any atom is 0.237 e. The predicted molar refractivity (Wildman–Crippen MR) is 96.9 cm³/mol. The van der Waals surface area contributed by atoms with Crippen molar-refractivity contribution in [2.24, 2.45) is 5.92 Å². The first-order valence-electron chi connectivity index (χ1n) is 8.16. The first-order valence-corrected chi connectivity index (χ1v) is 8.54. The van der Waals surface area contributed by atoms with Crippen LogP contribution in [0.3, 0.4) is 0 Å². The lowest BCUT2D eigenvalue weighted by atomic mass is 9.87. The molecular formula is C19H17ClF2N2O3. The van der Waals surface area contributed by atoms with E-state index < -0.39 is 35.3 Å². The molecule has 2 amide bonds. The van der Waals surface area contributed by atoms with Gasteiger partial charge in [0, 0.05) is 24.5 Å². The molecule has 1 heterocycles. The summed E-state index contributed by atoms with van der Waals surface area (Å²) in [7, 11) is 3.06. The summed E-state index contributed by atoms with van der Waals surface area (Å²) in [6.45, 7) is 0.284. The highest BCUT2D eigenvalue weighted by Crippen LogP contribution is 2.37. The minimum Gasteiger partial charge on any atom is -0.497 e. The van der Waals surface area contributed by atoms with Gasteiger partial charge in [-0.1, -0.05) is 17.7 Å². The van der Waals surface area contributed by atoms with Crippen LogP contribution in [-0.2, 0) is 9.59 Å². The number of methoxy groups -OCH3 is 1. The predicted octanol–water partition coefficient (Wildman–Crippen LogP) is 3.44. The van der Waals surface area contributed by atoms with Crippen molar-refractivity contribution in [3.63, 3.8) is 0 Å². The zero-order valence-electron chi connectivity index (χ0n) is 14.6. The summed E-state index contributed by atoms with van der Waals surface area (Å²) in [5.74, 6) is -4.49. The molecule has 2 atom stereocenters. The molecule has 1 saturated heterocycles. The zero-order valence-corrected chi connectivity index (χ0v) is 15.4. The number of hydrogen-bond acceptors (Lipinski definition) is 3. The number of rotatable bonds is 4. The molecule has 1 aliphatic rings. The van der Waals surface area contributed by atoms with Crippen molar-refractivity contribution in [2.45, 2.75) is 5.92 Å². The Bertz CT molecular complexity index is 907. The third kappa shape index (κ3) is 3.73. The van der Waals surface area contributed by atoms with E-state index in [0.717, 1.165) is 6.07 Å². The van der Waals surface area contributed by atoms with Gasteiger partial charge in [0.1, 0.15) is 11.7 Å². The normalized spacial score (nSPS) is 19.3. The molecule has 2 unspecified atom stereocenters. The number of amides is 2. The molecule has 1 N–H and O–H groups in total.